The van der Waals surface area contributed by atoms with Crippen LogP contribution >= 0.6 is 23.4 Å². The van der Waals surface area contributed by atoms with E-state index in [1.807, 2.05) is 20.0 Å². The predicted octanol–water partition coefficient (Wildman–Crippen LogP) is 2.90. The highest BCUT2D eigenvalue weighted by molar-refractivity contribution is 8.00. The van der Waals surface area contributed by atoms with E-state index in [9.17, 15) is 4.79 Å². The summed E-state index contributed by atoms with van der Waals surface area (Å²) in [5.74, 6) is 1.29. The number of ether oxygens (including phenoxy) is 1. The van der Waals surface area contributed by atoms with Crippen molar-refractivity contribution in [1.82, 2.24) is 19.7 Å². The molecule has 0 radical (unpaired) electrons. The van der Waals surface area contributed by atoms with Crippen molar-refractivity contribution in [1.29, 1.82) is 5.26 Å². The summed E-state index contributed by atoms with van der Waals surface area (Å²) in [6.07, 6.45) is 0.315. The van der Waals surface area contributed by atoms with Crippen LogP contribution in [0.3, 0.4) is 0 Å². The minimum atomic E-state index is -0.327. The summed E-state index contributed by atoms with van der Waals surface area (Å²) >= 11 is 7.18. The van der Waals surface area contributed by atoms with Gasteiger partial charge < -0.3 is 14.2 Å². The van der Waals surface area contributed by atoms with E-state index >= 15 is 0 Å². The van der Waals surface area contributed by atoms with Crippen molar-refractivity contribution in [2.75, 3.05) is 13.6 Å². The standard InChI is InChI=1S/C17H20ClN5O2S/c1-12(16(24)22(2)10-4-9-19)26-17-21-20-15(23(17)3)11-25-14-7-5-13(18)6-8-14/h5-8,12H,4,10-11H2,1-3H3/t12-/m0/s1. The van der Waals surface area contributed by atoms with Crippen molar-refractivity contribution in [2.24, 2.45) is 7.05 Å². The molecule has 0 aliphatic rings. The van der Waals surface area contributed by atoms with Crippen LogP contribution < -0.4 is 4.74 Å². The van der Waals surface area contributed by atoms with E-state index in [-0.39, 0.29) is 17.8 Å². The molecule has 0 N–H and O–H groups in total. The predicted molar refractivity (Wildman–Crippen MR) is 100.0 cm³/mol. The molecule has 1 aromatic heterocycles. The SMILES string of the molecule is C[C@H](Sc1nnc(COc2ccc(Cl)cc2)n1C)C(=O)N(C)CCC#N. The molecule has 0 aliphatic carbocycles. The van der Waals surface area contributed by atoms with Crippen molar-refractivity contribution in [3.8, 4) is 11.8 Å². The molecule has 0 fully saturated rings. The number of benzene rings is 1. The maximum absolute atomic E-state index is 12.3. The van der Waals surface area contributed by atoms with E-state index in [0.29, 0.717) is 34.7 Å². The number of amides is 1. The third-order valence-electron chi connectivity index (χ3n) is 3.67. The summed E-state index contributed by atoms with van der Waals surface area (Å²) in [5.41, 5.74) is 0. The Morgan fingerprint density at radius 2 is 2.12 bits per heavy atom. The van der Waals surface area contributed by atoms with Gasteiger partial charge >= 0.3 is 0 Å². The van der Waals surface area contributed by atoms with Crippen LogP contribution in [0.2, 0.25) is 5.02 Å². The lowest BCUT2D eigenvalue weighted by Crippen LogP contribution is -2.34. The van der Waals surface area contributed by atoms with E-state index in [0.717, 1.165) is 0 Å². The average molecular weight is 394 g/mol. The molecule has 0 spiro atoms. The van der Waals surface area contributed by atoms with Gasteiger partial charge in [-0.2, -0.15) is 5.26 Å². The van der Waals surface area contributed by atoms with Crippen LogP contribution in [0.25, 0.3) is 0 Å². The second-order valence-corrected chi connectivity index (χ2v) is 7.37. The number of rotatable bonds is 8. The number of hydrogen-bond acceptors (Lipinski definition) is 6. The second-order valence-electron chi connectivity index (χ2n) is 5.63. The van der Waals surface area contributed by atoms with Gasteiger partial charge in [-0.3, -0.25) is 4.79 Å². The molecule has 0 unspecified atom stereocenters. The fraction of sp³-hybridized carbons (Fsp3) is 0.412. The molecule has 1 heterocycles. The molecule has 0 bridgehead atoms. The first-order chi connectivity index (χ1) is 12.4. The smallest absolute Gasteiger partial charge is 0.235 e. The summed E-state index contributed by atoms with van der Waals surface area (Å²) in [4.78, 5) is 13.9. The number of nitriles is 1. The van der Waals surface area contributed by atoms with Crippen LogP contribution in [-0.4, -0.2) is 44.4 Å². The zero-order chi connectivity index (χ0) is 19.1. The Kier molecular flexibility index (Phi) is 7.30. The number of carbonyl (C=O) groups excluding carboxylic acids is 1. The Hall–Kier alpha value is -2.24. The first-order valence-corrected chi connectivity index (χ1v) is 9.23. The quantitative estimate of drug-likeness (QED) is 0.641. The van der Waals surface area contributed by atoms with Crippen LogP contribution in [0, 0.1) is 11.3 Å². The Balaban J connectivity index is 1.94. The molecule has 9 heteroatoms. The maximum atomic E-state index is 12.3. The molecule has 1 atom stereocenters. The van der Waals surface area contributed by atoms with Gasteiger partial charge in [0.2, 0.25) is 5.91 Å². The van der Waals surface area contributed by atoms with Gasteiger partial charge in [-0.1, -0.05) is 23.4 Å². The molecular formula is C17H20ClN5O2S. The number of aromatic nitrogens is 3. The molecule has 0 saturated heterocycles. The third kappa shape index (κ3) is 5.38. The summed E-state index contributed by atoms with van der Waals surface area (Å²) < 4.78 is 7.48. The number of halogens is 1. The van der Waals surface area contributed by atoms with Crippen molar-refractivity contribution in [3.63, 3.8) is 0 Å². The van der Waals surface area contributed by atoms with Gasteiger partial charge in [-0.05, 0) is 31.2 Å². The van der Waals surface area contributed by atoms with Crippen molar-refractivity contribution in [2.45, 2.75) is 30.4 Å². The van der Waals surface area contributed by atoms with E-state index in [2.05, 4.69) is 10.2 Å². The highest BCUT2D eigenvalue weighted by atomic mass is 35.5. The summed E-state index contributed by atoms with van der Waals surface area (Å²) in [6.45, 7) is 2.49. The Morgan fingerprint density at radius 3 is 2.77 bits per heavy atom. The first kappa shape index (κ1) is 20.1. The highest BCUT2D eigenvalue weighted by Gasteiger charge is 2.21. The van der Waals surface area contributed by atoms with Crippen molar-refractivity contribution < 1.29 is 9.53 Å². The molecule has 1 aromatic carbocycles. The number of thioether (sulfide) groups is 1. The van der Waals surface area contributed by atoms with E-state index in [1.165, 1.54) is 11.8 Å². The van der Waals surface area contributed by atoms with Gasteiger partial charge in [0.05, 0.1) is 17.7 Å². The van der Waals surface area contributed by atoms with Crippen LogP contribution in [-0.2, 0) is 18.4 Å². The third-order valence-corrected chi connectivity index (χ3v) is 5.05. The molecule has 0 saturated carbocycles. The lowest BCUT2D eigenvalue weighted by molar-refractivity contribution is -0.128. The Bertz CT molecular complexity index is 787. The fourth-order valence-corrected chi connectivity index (χ4v) is 3.17. The molecule has 2 rings (SSSR count). The minimum absolute atomic E-state index is 0.0489. The van der Waals surface area contributed by atoms with Gasteiger partial charge in [-0.15, -0.1) is 10.2 Å². The van der Waals surface area contributed by atoms with E-state index < -0.39 is 0 Å². The second kappa shape index (κ2) is 9.46. The highest BCUT2D eigenvalue weighted by Crippen LogP contribution is 2.23. The number of nitrogens with zero attached hydrogens (tertiary/aromatic N) is 5. The fourth-order valence-electron chi connectivity index (χ4n) is 2.10. The molecular weight excluding hydrogens is 374 g/mol. The van der Waals surface area contributed by atoms with Crippen molar-refractivity contribution in [3.05, 3.63) is 35.1 Å². The molecule has 26 heavy (non-hydrogen) atoms. The number of carbonyl (C=O) groups is 1. The summed E-state index contributed by atoms with van der Waals surface area (Å²) in [7, 11) is 3.53. The lowest BCUT2D eigenvalue weighted by Gasteiger charge is -2.19. The van der Waals surface area contributed by atoms with Crippen LogP contribution in [0.15, 0.2) is 29.4 Å². The normalized spacial score (nSPS) is 11.7. The molecule has 7 nitrogen and oxygen atoms in total. The Labute approximate surface area is 161 Å². The van der Waals surface area contributed by atoms with Crippen LogP contribution in [0.1, 0.15) is 19.2 Å². The van der Waals surface area contributed by atoms with Gasteiger partial charge in [0, 0.05) is 25.7 Å². The molecule has 1 amide bonds. The zero-order valence-corrected chi connectivity index (χ0v) is 16.4. The maximum Gasteiger partial charge on any atom is 0.235 e. The van der Waals surface area contributed by atoms with E-state index in [4.69, 9.17) is 21.6 Å². The monoisotopic (exact) mass is 393 g/mol. The van der Waals surface area contributed by atoms with Crippen molar-refractivity contribution >= 4 is 29.3 Å². The number of hydrogen-bond donors (Lipinski definition) is 0. The summed E-state index contributed by atoms with van der Waals surface area (Å²) in [6, 6.07) is 9.11. The van der Waals surface area contributed by atoms with Gasteiger partial charge in [0.15, 0.2) is 11.0 Å². The minimum Gasteiger partial charge on any atom is -0.486 e. The Morgan fingerprint density at radius 1 is 1.42 bits per heavy atom. The zero-order valence-electron chi connectivity index (χ0n) is 14.8. The molecule has 2 aromatic rings. The van der Waals surface area contributed by atoms with Gasteiger partial charge in [0.25, 0.3) is 0 Å². The van der Waals surface area contributed by atoms with Crippen LogP contribution in [0.4, 0.5) is 0 Å². The lowest BCUT2D eigenvalue weighted by atomic mass is 10.3. The first-order valence-electron chi connectivity index (χ1n) is 7.97. The van der Waals surface area contributed by atoms with Crippen LogP contribution in [0.5, 0.6) is 5.75 Å². The van der Waals surface area contributed by atoms with Gasteiger partial charge in [-0.25, -0.2) is 0 Å². The topological polar surface area (TPSA) is 84.0 Å². The average Bonchev–Trinajstić information content (AvgIpc) is 2.98. The van der Waals surface area contributed by atoms with Gasteiger partial charge in [0.1, 0.15) is 12.4 Å². The molecule has 0 aliphatic heterocycles. The van der Waals surface area contributed by atoms with E-state index in [1.54, 1.807) is 40.8 Å². The molecule has 138 valence electrons. The largest absolute Gasteiger partial charge is 0.486 e. The summed E-state index contributed by atoms with van der Waals surface area (Å²) in [5, 5.41) is 17.8.